The van der Waals surface area contributed by atoms with E-state index in [-0.39, 0.29) is 6.54 Å². The lowest BCUT2D eigenvalue weighted by Crippen LogP contribution is -2.37. The number of carbonyl (C=O) groups is 2. The van der Waals surface area contributed by atoms with Crippen molar-refractivity contribution in [3.8, 4) is 0 Å². The molecule has 0 radical (unpaired) electrons. The van der Waals surface area contributed by atoms with Crippen LogP contribution < -0.4 is 5.32 Å². The standard InChI is InChI=1S/C7H9ClFNO2/c1-2-3-10-7(12)6(8)5(11)4-9/h2,6H,1,3-4H2,(H,10,12). The molecule has 68 valence electrons. The summed E-state index contributed by atoms with van der Waals surface area (Å²) in [4.78, 5) is 21.3. The average molecular weight is 194 g/mol. The van der Waals surface area contributed by atoms with E-state index >= 15 is 0 Å². The van der Waals surface area contributed by atoms with Crippen molar-refractivity contribution in [3.63, 3.8) is 0 Å². The summed E-state index contributed by atoms with van der Waals surface area (Å²) in [6, 6.07) is 0. The molecule has 1 amide bonds. The molecule has 1 N–H and O–H groups in total. The fourth-order valence-corrected chi connectivity index (χ4v) is 0.612. The number of hydrogen-bond donors (Lipinski definition) is 1. The summed E-state index contributed by atoms with van der Waals surface area (Å²) in [7, 11) is 0. The van der Waals surface area contributed by atoms with Gasteiger partial charge < -0.3 is 5.32 Å². The second-order valence-electron chi connectivity index (χ2n) is 2.00. The first-order valence-electron chi connectivity index (χ1n) is 3.24. The topological polar surface area (TPSA) is 46.2 Å². The molecule has 0 rings (SSSR count). The van der Waals surface area contributed by atoms with Crippen LogP contribution in [0, 0.1) is 0 Å². The van der Waals surface area contributed by atoms with E-state index in [4.69, 9.17) is 11.6 Å². The highest BCUT2D eigenvalue weighted by Crippen LogP contribution is 1.98. The van der Waals surface area contributed by atoms with Gasteiger partial charge >= 0.3 is 0 Å². The highest BCUT2D eigenvalue weighted by Gasteiger charge is 2.22. The molecule has 3 nitrogen and oxygen atoms in total. The molecule has 5 heteroatoms. The van der Waals surface area contributed by atoms with Crippen molar-refractivity contribution in [2.45, 2.75) is 5.38 Å². The van der Waals surface area contributed by atoms with Crippen LogP contribution in [0.2, 0.25) is 0 Å². The molecule has 0 heterocycles. The van der Waals surface area contributed by atoms with E-state index in [1.54, 1.807) is 0 Å². The summed E-state index contributed by atoms with van der Waals surface area (Å²) in [5, 5.41) is 0.836. The number of Topliss-reactive ketones (excluding diaryl/α,β-unsaturated/α-hetero) is 1. The number of alkyl halides is 2. The quantitative estimate of drug-likeness (QED) is 0.391. The number of hydrogen-bond acceptors (Lipinski definition) is 2. The Hall–Kier alpha value is -0.900. The summed E-state index contributed by atoms with van der Waals surface area (Å²) in [5.74, 6) is -1.63. The Kier molecular flexibility index (Phi) is 5.28. The minimum absolute atomic E-state index is 0.210. The third kappa shape index (κ3) is 3.48. The minimum Gasteiger partial charge on any atom is -0.351 e. The molecular formula is C7H9ClFNO2. The lowest BCUT2D eigenvalue weighted by atomic mass is 10.3. The van der Waals surface area contributed by atoms with Crippen LogP contribution in [0.1, 0.15) is 0 Å². The summed E-state index contributed by atoms with van der Waals surface area (Å²) in [6.07, 6.45) is 1.43. The highest BCUT2D eigenvalue weighted by atomic mass is 35.5. The van der Waals surface area contributed by atoms with Gasteiger partial charge in [-0.05, 0) is 0 Å². The van der Waals surface area contributed by atoms with E-state index < -0.39 is 23.7 Å². The Morgan fingerprint density at radius 2 is 2.25 bits per heavy atom. The van der Waals surface area contributed by atoms with Gasteiger partial charge in [-0.2, -0.15) is 0 Å². The van der Waals surface area contributed by atoms with E-state index in [1.807, 2.05) is 0 Å². The van der Waals surface area contributed by atoms with Crippen LogP contribution >= 0.6 is 11.6 Å². The Bertz CT molecular complexity index is 196. The Morgan fingerprint density at radius 1 is 1.67 bits per heavy atom. The molecule has 0 aliphatic carbocycles. The molecule has 12 heavy (non-hydrogen) atoms. The number of nitrogens with one attached hydrogen (secondary N) is 1. The lowest BCUT2D eigenvalue weighted by molar-refractivity contribution is -0.128. The SMILES string of the molecule is C=CCNC(=O)C(Cl)C(=O)CF. The molecular weight excluding hydrogens is 185 g/mol. The van der Waals surface area contributed by atoms with Crippen molar-refractivity contribution in [1.29, 1.82) is 0 Å². The van der Waals surface area contributed by atoms with Gasteiger partial charge in [0.1, 0.15) is 6.67 Å². The van der Waals surface area contributed by atoms with Gasteiger partial charge in [-0.15, -0.1) is 18.2 Å². The smallest absolute Gasteiger partial charge is 0.246 e. The van der Waals surface area contributed by atoms with Crippen LogP contribution in [0.3, 0.4) is 0 Å². The molecule has 1 unspecified atom stereocenters. The van der Waals surface area contributed by atoms with E-state index in [1.165, 1.54) is 6.08 Å². The number of amides is 1. The average Bonchev–Trinajstić information content (AvgIpc) is 2.11. The predicted octanol–water partition coefficient (Wildman–Crippen LogP) is 0.435. The lowest BCUT2D eigenvalue weighted by Gasteiger charge is -2.05. The zero-order valence-corrected chi connectivity index (χ0v) is 7.10. The maximum atomic E-state index is 11.7. The second-order valence-corrected chi connectivity index (χ2v) is 2.43. The van der Waals surface area contributed by atoms with Gasteiger partial charge in [0.25, 0.3) is 0 Å². The number of ketones is 1. The summed E-state index contributed by atoms with van der Waals surface area (Å²) >= 11 is 5.28. The first-order chi connectivity index (χ1) is 5.63. The van der Waals surface area contributed by atoms with Crippen molar-refractivity contribution < 1.29 is 14.0 Å². The molecule has 0 saturated heterocycles. The third-order valence-electron chi connectivity index (χ3n) is 1.07. The fourth-order valence-electron chi connectivity index (χ4n) is 0.476. The monoisotopic (exact) mass is 193 g/mol. The molecule has 0 saturated carbocycles. The molecule has 0 aromatic rings. The molecule has 0 fully saturated rings. The van der Waals surface area contributed by atoms with E-state index in [9.17, 15) is 14.0 Å². The molecule has 0 aliphatic heterocycles. The van der Waals surface area contributed by atoms with Crippen molar-refractivity contribution >= 4 is 23.3 Å². The largest absolute Gasteiger partial charge is 0.351 e. The van der Waals surface area contributed by atoms with Gasteiger partial charge in [-0.25, -0.2) is 4.39 Å². The highest BCUT2D eigenvalue weighted by molar-refractivity contribution is 6.42. The molecule has 0 aromatic heterocycles. The first kappa shape index (κ1) is 11.1. The Balaban J connectivity index is 3.92. The fraction of sp³-hybridized carbons (Fsp3) is 0.429. The minimum atomic E-state index is -1.44. The number of rotatable bonds is 5. The maximum absolute atomic E-state index is 11.7. The molecule has 0 aliphatic rings. The van der Waals surface area contributed by atoms with Gasteiger partial charge in [-0.1, -0.05) is 6.08 Å². The van der Waals surface area contributed by atoms with Gasteiger partial charge in [0.15, 0.2) is 11.2 Å². The zero-order valence-electron chi connectivity index (χ0n) is 6.35. The van der Waals surface area contributed by atoms with Crippen LogP contribution in [-0.4, -0.2) is 30.3 Å². The van der Waals surface area contributed by atoms with Crippen LogP contribution in [-0.2, 0) is 9.59 Å². The molecule has 0 aromatic carbocycles. The predicted molar refractivity (Wildman–Crippen MR) is 43.8 cm³/mol. The van der Waals surface area contributed by atoms with Crippen molar-refractivity contribution in [2.75, 3.05) is 13.2 Å². The van der Waals surface area contributed by atoms with Crippen molar-refractivity contribution in [1.82, 2.24) is 5.32 Å². The number of halogens is 2. The van der Waals surface area contributed by atoms with Crippen LogP contribution in [0.4, 0.5) is 4.39 Å². The second kappa shape index (κ2) is 5.71. The third-order valence-corrected chi connectivity index (χ3v) is 1.51. The van der Waals surface area contributed by atoms with Gasteiger partial charge in [0, 0.05) is 6.54 Å². The Morgan fingerprint density at radius 3 is 2.67 bits per heavy atom. The molecule has 0 bridgehead atoms. The normalized spacial score (nSPS) is 11.8. The summed E-state index contributed by atoms with van der Waals surface area (Å²) in [5.41, 5.74) is 0. The Labute approximate surface area is 74.6 Å². The summed E-state index contributed by atoms with van der Waals surface area (Å²) in [6.45, 7) is 2.32. The van der Waals surface area contributed by atoms with E-state index in [0.29, 0.717) is 0 Å². The summed E-state index contributed by atoms with van der Waals surface area (Å²) < 4.78 is 11.7. The van der Waals surface area contributed by atoms with Crippen molar-refractivity contribution in [2.24, 2.45) is 0 Å². The molecule has 1 atom stereocenters. The van der Waals surface area contributed by atoms with Crippen LogP contribution in [0.5, 0.6) is 0 Å². The van der Waals surface area contributed by atoms with Crippen LogP contribution in [0.15, 0.2) is 12.7 Å². The molecule has 0 spiro atoms. The van der Waals surface area contributed by atoms with Gasteiger partial charge in [-0.3, -0.25) is 9.59 Å². The van der Waals surface area contributed by atoms with E-state index in [2.05, 4.69) is 11.9 Å². The van der Waals surface area contributed by atoms with Crippen molar-refractivity contribution in [3.05, 3.63) is 12.7 Å². The van der Waals surface area contributed by atoms with Crippen LogP contribution in [0.25, 0.3) is 0 Å². The van der Waals surface area contributed by atoms with E-state index in [0.717, 1.165) is 0 Å². The van der Waals surface area contributed by atoms with Gasteiger partial charge in [0.2, 0.25) is 5.91 Å². The first-order valence-corrected chi connectivity index (χ1v) is 3.68. The maximum Gasteiger partial charge on any atom is 0.246 e. The zero-order chi connectivity index (χ0) is 9.56. The number of carbonyl (C=O) groups excluding carboxylic acids is 2. The van der Waals surface area contributed by atoms with Gasteiger partial charge in [0.05, 0.1) is 0 Å².